The molecule has 0 aromatic carbocycles. The van der Waals surface area contributed by atoms with Gasteiger partial charge in [-0.05, 0) is 70.6 Å². The Morgan fingerprint density at radius 1 is 0.507 bits per heavy atom. The van der Waals surface area contributed by atoms with Gasteiger partial charge in [-0.15, -0.1) is 0 Å². The molecule has 9 unspecified atom stereocenters. The Hall–Kier alpha value is -1.67. The average Bonchev–Trinajstić information content (AvgIpc) is 3.33. The van der Waals surface area contributed by atoms with Crippen molar-refractivity contribution < 1.29 is 50.0 Å². The van der Waals surface area contributed by atoms with Crippen LogP contribution in [-0.4, -0.2) is 110 Å². The van der Waals surface area contributed by atoms with Gasteiger partial charge in [-0.3, -0.25) is 4.79 Å². The molecule has 1 aliphatic heterocycles. The summed E-state index contributed by atoms with van der Waals surface area (Å²) in [5.74, 6) is -0.711. The van der Waals surface area contributed by atoms with Crippen LogP contribution in [0.3, 0.4) is 0 Å². The predicted molar refractivity (Wildman–Crippen MR) is 275 cm³/mol. The number of hydrogen-bond donors (Lipinski definition) is 8. The highest BCUT2D eigenvalue weighted by atomic mass is 16.7. The number of hydrogen-bond acceptors (Lipinski definition) is 10. The van der Waals surface area contributed by atoms with Crippen LogP contribution >= 0.6 is 0 Å². The van der Waals surface area contributed by atoms with Crippen LogP contribution < -0.4 is 5.32 Å². The number of nitrogens with one attached hydrogen (secondary N) is 1. The van der Waals surface area contributed by atoms with Crippen molar-refractivity contribution in [3.8, 4) is 0 Å². The zero-order valence-electron chi connectivity index (χ0n) is 42.9. The highest BCUT2D eigenvalue weighted by Crippen LogP contribution is 2.23. The van der Waals surface area contributed by atoms with Gasteiger partial charge in [-0.2, -0.15) is 0 Å². The van der Waals surface area contributed by atoms with Crippen molar-refractivity contribution in [1.82, 2.24) is 5.32 Å². The first-order valence-electron chi connectivity index (χ1n) is 27.9. The molecule has 394 valence electrons. The lowest BCUT2D eigenvalue weighted by Crippen LogP contribution is -2.60. The maximum absolute atomic E-state index is 13.1. The Morgan fingerprint density at radius 3 is 1.39 bits per heavy atom. The van der Waals surface area contributed by atoms with E-state index in [0.717, 1.165) is 44.9 Å². The summed E-state index contributed by atoms with van der Waals surface area (Å²) in [5.41, 5.74) is 0. The van der Waals surface area contributed by atoms with Crippen molar-refractivity contribution in [2.45, 2.75) is 300 Å². The lowest BCUT2D eigenvalue weighted by atomic mass is 9.98. The Bertz CT molecular complexity index is 1180. The van der Waals surface area contributed by atoms with E-state index in [1.54, 1.807) is 0 Å². The number of ether oxygens (including phenoxy) is 2. The second-order valence-corrected chi connectivity index (χ2v) is 19.6. The summed E-state index contributed by atoms with van der Waals surface area (Å²) in [6, 6.07) is -1.19. The van der Waals surface area contributed by atoms with E-state index in [9.17, 15) is 40.5 Å². The van der Waals surface area contributed by atoms with Crippen LogP contribution in [-0.2, 0) is 14.3 Å². The number of carbonyl (C=O) groups is 1. The number of aliphatic hydroxyl groups excluding tert-OH is 7. The average molecular weight is 952 g/mol. The van der Waals surface area contributed by atoms with Crippen LogP contribution in [0.4, 0.5) is 0 Å². The van der Waals surface area contributed by atoms with E-state index >= 15 is 0 Å². The summed E-state index contributed by atoms with van der Waals surface area (Å²) in [4.78, 5) is 13.1. The topological polar surface area (TPSA) is 189 Å². The van der Waals surface area contributed by atoms with E-state index in [0.29, 0.717) is 19.3 Å². The monoisotopic (exact) mass is 952 g/mol. The fourth-order valence-corrected chi connectivity index (χ4v) is 8.81. The van der Waals surface area contributed by atoms with Crippen LogP contribution in [0.5, 0.6) is 0 Å². The third-order valence-electron chi connectivity index (χ3n) is 13.4. The quantitative estimate of drug-likeness (QED) is 0.0215. The van der Waals surface area contributed by atoms with Crippen LogP contribution in [0, 0.1) is 0 Å². The minimum Gasteiger partial charge on any atom is -0.394 e. The van der Waals surface area contributed by atoms with Crippen LogP contribution in [0.1, 0.15) is 245 Å². The smallest absolute Gasteiger partial charge is 0.249 e. The fourth-order valence-electron chi connectivity index (χ4n) is 8.81. The summed E-state index contributed by atoms with van der Waals surface area (Å²) in [6.45, 7) is 3.35. The maximum atomic E-state index is 13.1. The van der Waals surface area contributed by atoms with Crippen molar-refractivity contribution in [2.24, 2.45) is 0 Å². The second-order valence-electron chi connectivity index (χ2n) is 19.6. The van der Waals surface area contributed by atoms with Crippen molar-refractivity contribution in [3.05, 3.63) is 36.5 Å². The van der Waals surface area contributed by atoms with Crippen molar-refractivity contribution in [3.63, 3.8) is 0 Å². The van der Waals surface area contributed by atoms with Crippen molar-refractivity contribution >= 4 is 5.91 Å². The third kappa shape index (κ3) is 34.3. The molecule has 11 nitrogen and oxygen atoms in total. The highest BCUT2D eigenvalue weighted by molar-refractivity contribution is 5.80. The van der Waals surface area contributed by atoms with Gasteiger partial charge in [0.2, 0.25) is 5.91 Å². The molecule has 0 aromatic rings. The van der Waals surface area contributed by atoms with Gasteiger partial charge in [-0.1, -0.05) is 211 Å². The van der Waals surface area contributed by atoms with Crippen LogP contribution in [0.25, 0.3) is 0 Å². The predicted octanol–water partition coefficient (Wildman–Crippen LogP) is 11.1. The number of allylic oxidation sites excluding steroid dienone is 6. The van der Waals surface area contributed by atoms with Gasteiger partial charge in [0.1, 0.15) is 36.6 Å². The van der Waals surface area contributed by atoms with E-state index < -0.39 is 74.2 Å². The molecule has 1 aliphatic rings. The molecule has 9 atom stereocenters. The summed E-state index contributed by atoms with van der Waals surface area (Å²) < 4.78 is 11.1. The molecule has 0 saturated carbocycles. The number of carbonyl (C=O) groups excluding carboxylic acids is 1. The van der Waals surface area contributed by atoms with Gasteiger partial charge in [0.25, 0.3) is 0 Å². The third-order valence-corrected chi connectivity index (χ3v) is 13.4. The lowest BCUT2D eigenvalue weighted by molar-refractivity contribution is -0.303. The first kappa shape index (κ1) is 63.3. The van der Waals surface area contributed by atoms with Crippen molar-refractivity contribution in [1.29, 1.82) is 0 Å². The zero-order valence-corrected chi connectivity index (χ0v) is 42.9. The summed E-state index contributed by atoms with van der Waals surface area (Å²) >= 11 is 0. The Morgan fingerprint density at radius 2 is 0.925 bits per heavy atom. The highest BCUT2D eigenvalue weighted by Gasteiger charge is 2.44. The number of aliphatic hydroxyl groups is 7. The first-order valence-corrected chi connectivity index (χ1v) is 27.9. The maximum Gasteiger partial charge on any atom is 0.249 e. The molecule has 8 N–H and O–H groups in total. The standard InChI is InChI=1S/C56H105NO10/c1-3-5-7-9-11-13-15-16-17-18-19-20-21-22-23-24-25-26-27-28-29-30-31-32-33-34-36-38-40-42-44-49(60)55(65)57-47(46-66-56-54(64)53(63)52(62)50(45-58)67-56)51(61)48(59)43-41-39-37-35-14-12-10-8-6-4-2/h8,10,22-23,35,37,47-54,56,58-64H,3-7,9,11-21,24-34,36,38-46H2,1-2H3,(H,57,65)/b10-8+,23-22-,37-35+. The van der Waals surface area contributed by atoms with E-state index in [2.05, 4.69) is 49.5 Å². The van der Waals surface area contributed by atoms with Gasteiger partial charge in [0, 0.05) is 0 Å². The van der Waals surface area contributed by atoms with Gasteiger partial charge in [-0.25, -0.2) is 0 Å². The molecule has 1 amide bonds. The Balaban J connectivity index is 2.20. The normalized spacial score (nSPS) is 20.9. The molecule has 0 spiro atoms. The number of rotatable bonds is 47. The molecule has 0 aromatic heterocycles. The molecule has 1 rings (SSSR count). The molecular formula is C56H105NO10. The summed E-state index contributed by atoms with van der Waals surface area (Å²) in [6.07, 6.45) is 43.8. The van der Waals surface area contributed by atoms with E-state index in [1.165, 1.54) is 154 Å². The number of amides is 1. The largest absolute Gasteiger partial charge is 0.394 e. The molecular weight excluding hydrogens is 847 g/mol. The van der Waals surface area contributed by atoms with Crippen LogP contribution in [0.15, 0.2) is 36.5 Å². The Kier molecular flexibility index (Phi) is 43.0. The minimum atomic E-state index is -1.67. The van der Waals surface area contributed by atoms with Crippen LogP contribution in [0.2, 0.25) is 0 Å². The minimum absolute atomic E-state index is 0.245. The number of unbranched alkanes of at least 4 members (excludes halogenated alkanes) is 29. The van der Waals surface area contributed by atoms with Gasteiger partial charge >= 0.3 is 0 Å². The SMILES string of the molecule is CCC/C=C/CC/C=C/CCCC(O)C(O)C(COC1OC(CO)C(O)C(O)C1O)NC(=O)C(O)CCCCCCCCCCCCCCCC/C=C\CCCCCCCCCCCCCC. The van der Waals surface area contributed by atoms with Gasteiger partial charge in [0.15, 0.2) is 6.29 Å². The molecule has 0 radical (unpaired) electrons. The summed E-state index contributed by atoms with van der Waals surface area (Å²) in [5, 5.41) is 75.7. The second kappa shape index (κ2) is 45.5. The van der Waals surface area contributed by atoms with E-state index in [-0.39, 0.29) is 12.8 Å². The Labute approximate surface area is 409 Å². The first-order chi connectivity index (χ1) is 32.7. The zero-order chi connectivity index (χ0) is 49.0. The van der Waals surface area contributed by atoms with E-state index in [1.807, 2.05) is 6.08 Å². The molecule has 11 heteroatoms. The molecule has 1 fully saturated rings. The van der Waals surface area contributed by atoms with E-state index in [4.69, 9.17) is 9.47 Å². The molecule has 0 aliphatic carbocycles. The van der Waals surface area contributed by atoms with Gasteiger partial charge in [0.05, 0.1) is 25.4 Å². The molecule has 1 heterocycles. The fraction of sp³-hybridized carbons (Fsp3) is 0.875. The molecule has 0 bridgehead atoms. The van der Waals surface area contributed by atoms with Crippen molar-refractivity contribution in [2.75, 3.05) is 13.2 Å². The molecule has 67 heavy (non-hydrogen) atoms. The van der Waals surface area contributed by atoms with Gasteiger partial charge < -0.3 is 50.5 Å². The lowest BCUT2D eigenvalue weighted by Gasteiger charge is -2.40. The summed E-state index contributed by atoms with van der Waals surface area (Å²) in [7, 11) is 0. The molecule has 1 saturated heterocycles.